The number of thioether (sulfide) groups is 2. The minimum atomic E-state index is -2.43. The van der Waals surface area contributed by atoms with Crippen LogP contribution in [-0.4, -0.2) is 21.9 Å². The summed E-state index contributed by atoms with van der Waals surface area (Å²) < 4.78 is 25.5. The fourth-order valence-corrected chi connectivity index (χ4v) is 4.30. The number of rotatable bonds is 8. The van der Waals surface area contributed by atoms with Crippen LogP contribution in [0.25, 0.3) is 0 Å². The Morgan fingerprint density at radius 3 is 2.44 bits per heavy atom. The van der Waals surface area contributed by atoms with Crippen molar-refractivity contribution >= 4 is 51.6 Å². The summed E-state index contributed by atoms with van der Waals surface area (Å²) >= 11 is 3.44. The van der Waals surface area contributed by atoms with Crippen LogP contribution in [0.1, 0.15) is 15.9 Å². The summed E-state index contributed by atoms with van der Waals surface area (Å²) in [6, 6.07) is 13.8. The number of carbonyl (C=O) groups excluding carboxylic acids is 1. The number of nitrogens with two attached hydrogens (primary N) is 1. The lowest BCUT2D eigenvalue weighted by molar-refractivity contribution is 0.100. The van der Waals surface area contributed by atoms with Crippen LogP contribution in [0.15, 0.2) is 57.8 Å². The lowest BCUT2D eigenvalue weighted by atomic mass is 10.1. The van der Waals surface area contributed by atoms with Gasteiger partial charge in [0.2, 0.25) is 11.0 Å². The largest absolute Gasteiger partial charge is 0.366 e. The predicted molar refractivity (Wildman–Crippen MR) is 106 cm³/mol. The van der Waals surface area contributed by atoms with Crippen LogP contribution < -0.4 is 11.1 Å². The predicted octanol–water partition coefficient (Wildman–Crippen LogP) is 4.99. The molecular weight excluding hydrogens is 410 g/mol. The summed E-state index contributed by atoms with van der Waals surface area (Å²) in [7, 11) is 0. The van der Waals surface area contributed by atoms with Gasteiger partial charge in [-0.15, -0.1) is 10.2 Å². The Morgan fingerprint density at radius 1 is 1.11 bits per heavy atom. The van der Waals surface area contributed by atoms with Gasteiger partial charge in [-0.25, -0.2) is 0 Å². The third-order valence-corrected chi connectivity index (χ3v) is 6.10. The number of nitrogens with one attached hydrogen (secondary N) is 1. The second kappa shape index (κ2) is 9.16. The van der Waals surface area contributed by atoms with Crippen molar-refractivity contribution in [3.05, 3.63) is 59.7 Å². The Kier molecular flexibility index (Phi) is 6.64. The molecule has 3 rings (SSSR count). The van der Waals surface area contributed by atoms with E-state index in [1.54, 1.807) is 36.4 Å². The highest BCUT2D eigenvalue weighted by Gasteiger charge is 2.08. The number of anilines is 2. The molecular formula is C17H14F2N4OS3. The van der Waals surface area contributed by atoms with Crippen LogP contribution in [-0.2, 0) is 5.75 Å². The maximum atomic E-state index is 12.3. The number of aromatic nitrogens is 2. The number of benzene rings is 2. The van der Waals surface area contributed by atoms with Gasteiger partial charge in [-0.05, 0) is 42.0 Å². The zero-order chi connectivity index (χ0) is 19.2. The van der Waals surface area contributed by atoms with E-state index >= 15 is 0 Å². The molecule has 140 valence electrons. The molecule has 2 aromatic carbocycles. The van der Waals surface area contributed by atoms with Crippen molar-refractivity contribution in [1.82, 2.24) is 10.2 Å². The van der Waals surface area contributed by atoms with E-state index in [2.05, 4.69) is 15.5 Å². The van der Waals surface area contributed by atoms with Gasteiger partial charge in [0.15, 0.2) is 4.34 Å². The fraction of sp³-hybridized carbons (Fsp3) is 0.118. The van der Waals surface area contributed by atoms with Crippen molar-refractivity contribution in [3.8, 4) is 0 Å². The summed E-state index contributed by atoms with van der Waals surface area (Å²) in [5, 5.41) is 11.9. The number of hydrogen-bond acceptors (Lipinski definition) is 7. The Bertz CT molecular complexity index is 901. The zero-order valence-corrected chi connectivity index (χ0v) is 16.2. The van der Waals surface area contributed by atoms with Gasteiger partial charge in [0.1, 0.15) is 0 Å². The van der Waals surface area contributed by atoms with Gasteiger partial charge in [0, 0.05) is 21.9 Å². The SMILES string of the molecule is NC(=O)c1ccc(CSc2nnc(Nc3ccc(SC(F)F)cc3)s2)cc1. The quantitative estimate of drug-likeness (QED) is 0.496. The van der Waals surface area contributed by atoms with Crippen molar-refractivity contribution in [1.29, 1.82) is 0 Å². The number of hydrogen-bond donors (Lipinski definition) is 2. The van der Waals surface area contributed by atoms with Gasteiger partial charge in [-0.1, -0.05) is 47.0 Å². The molecule has 1 heterocycles. The zero-order valence-electron chi connectivity index (χ0n) is 13.8. The Hall–Kier alpha value is -2.17. The first-order chi connectivity index (χ1) is 13.0. The van der Waals surface area contributed by atoms with Crippen molar-refractivity contribution in [2.24, 2.45) is 5.73 Å². The van der Waals surface area contributed by atoms with Crippen molar-refractivity contribution in [3.63, 3.8) is 0 Å². The molecule has 3 aromatic rings. The Balaban J connectivity index is 1.54. The van der Waals surface area contributed by atoms with E-state index in [4.69, 9.17) is 5.73 Å². The van der Waals surface area contributed by atoms with E-state index < -0.39 is 11.7 Å². The third kappa shape index (κ3) is 5.91. The standard InChI is InChI=1S/C17H14F2N4OS3/c18-15(19)26-13-7-5-12(6-8-13)21-16-22-23-17(27-16)25-9-10-1-3-11(4-2-10)14(20)24/h1-8,15H,9H2,(H2,20,24)(H,21,22). The molecule has 0 aliphatic carbocycles. The molecule has 0 saturated heterocycles. The van der Waals surface area contributed by atoms with Crippen molar-refractivity contribution in [2.75, 3.05) is 5.32 Å². The highest BCUT2D eigenvalue weighted by molar-refractivity contribution is 8.00. The third-order valence-electron chi connectivity index (χ3n) is 3.34. The first kappa shape index (κ1) is 19.6. The van der Waals surface area contributed by atoms with Gasteiger partial charge < -0.3 is 11.1 Å². The Morgan fingerprint density at radius 2 is 1.81 bits per heavy atom. The summed E-state index contributed by atoms with van der Waals surface area (Å²) in [4.78, 5) is 11.6. The van der Waals surface area contributed by atoms with E-state index in [-0.39, 0.29) is 0 Å². The number of carbonyl (C=O) groups is 1. The fourth-order valence-electron chi connectivity index (χ4n) is 2.07. The lowest BCUT2D eigenvalue weighted by Crippen LogP contribution is -2.10. The molecule has 10 heteroatoms. The number of primary amides is 1. The molecule has 0 radical (unpaired) electrons. The van der Waals surface area contributed by atoms with Crippen LogP contribution in [0, 0.1) is 0 Å². The number of alkyl halides is 2. The Labute approximate surface area is 166 Å². The van der Waals surface area contributed by atoms with E-state index in [1.807, 2.05) is 12.1 Å². The summed E-state index contributed by atoms with van der Waals surface area (Å²) in [6.45, 7) is 0. The maximum absolute atomic E-state index is 12.3. The topological polar surface area (TPSA) is 80.9 Å². The van der Waals surface area contributed by atoms with Crippen LogP contribution in [0.4, 0.5) is 19.6 Å². The molecule has 0 aliphatic rings. The lowest BCUT2D eigenvalue weighted by Gasteiger charge is -2.03. The average Bonchev–Trinajstić information content (AvgIpc) is 3.09. The molecule has 3 N–H and O–H groups in total. The van der Waals surface area contributed by atoms with Crippen molar-refractivity contribution in [2.45, 2.75) is 20.7 Å². The van der Waals surface area contributed by atoms with Crippen LogP contribution in [0.2, 0.25) is 0 Å². The van der Waals surface area contributed by atoms with Crippen molar-refractivity contribution < 1.29 is 13.6 Å². The molecule has 0 unspecified atom stereocenters. The second-order valence-electron chi connectivity index (χ2n) is 5.25. The maximum Gasteiger partial charge on any atom is 0.288 e. The number of amides is 1. The summed E-state index contributed by atoms with van der Waals surface area (Å²) in [5.41, 5.74) is 7.49. The van der Waals surface area contributed by atoms with Gasteiger partial charge in [0.05, 0.1) is 0 Å². The smallest absolute Gasteiger partial charge is 0.288 e. The number of halogens is 2. The second-order valence-corrected chi connectivity index (χ2v) is 8.51. The normalized spacial score (nSPS) is 10.9. The molecule has 27 heavy (non-hydrogen) atoms. The van der Waals surface area contributed by atoms with E-state index in [0.29, 0.717) is 33.1 Å². The number of nitrogens with zero attached hydrogens (tertiary/aromatic N) is 2. The van der Waals surface area contributed by atoms with Gasteiger partial charge in [0.25, 0.3) is 5.76 Å². The highest BCUT2D eigenvalue weighted by atomic mass is 32.2. The molecule has 5 nitrogen and oxygen atoms in total. The molecule has 0 saturated carbocycles. The van der Waals surface area contributed by atoms with E-state index in [1.165, 1.54) is 23.1 Å². The molecule has 0 fully saturated rings. The molecule has 0 bridgehead atoms. The van der Waals surface area contributed by atoms with Gasteiger partial charge in [-0.2, -0.15) is 8.78 Å². The van der Waals surface area contributed by atoms with Crippen LogP contribution >= 0.6 is 34.9 Å². The van der Waals surface area contributed by atoms with Crippen LogP contribution in [0.5, 0.6) is 0 Å². The minimum absolute atomic E-state index is 0.449. The molecule has 1 aromatic heterocycles. The average molecular weight is 425 g/mol. The van der Waals surface area contributed by atoms with Crippen LogP contribution in [0.3, 0.4) is 0 Å². The molecule has 0 spiro atoms. The van der Waals surface area contributed by atoms with Gasteiger partial charge >= 0.3 is 0 Å². The van der Waals surface area contributed by atoms with Gasteiger partial charge in [-0.3, -0.25) is 4.79 Å². The molecule has 0 atom stereocenters. The highest BCUT2D eigenvalue weighted by Crippen LogP contribution is 2.31. The van der Waals surface area contributed by atoms with E-state index in [0.717, 1.165) is 15.6 Å². The minimum Gasteiger partial charge on any atom is -0.366 e. The first-order valence-corrected chi connectivity index (χ1v) is 10.3. The first-order valence-electron chi connectivity index (χ1n) is 7.66. The molecule has 0 aliphatic heterocycles. The summed E-state index contributed by atoms with van der Waals surface area (Å²) in [5.74, 6) is -2.19. The monoisotopic (exact) mass is 424 g/mol. The summed E-state index contributed by atoms with van der Waals surface area (Å²) in [6.07, 6.45) is 0. The molecule has 1 amide bonds. The van der Waals surface area contributed by atoms with E-state index in [9.17, 15) is 13.6 Å².